The summed E-state index contributed by atoms with van der Waals surface area (Å²) in [4.78, 5) is 30.4. The summed E-state index contributed by atoms with van der Waals surface area (Å²) in [5.74, 6) is 0.167. The molecule has 0 aliphatic carbocycles. The molecule has 0 aromatic carbocycles. The Bertz CT molecular complexity index is 596. The SMILES string of the molecule is O=C1CC[C@]2(CCCN(CCn3cc[nH]c3=O)C2)CN1CCO. The highest BCUT2D eigenvalue weighted by molar-refractivity contribution is 5.77. The van der Waals surface area contributed by atoms with Crippen LogP contribution in [0.1, 0.15) is 25.7 Å². The van der Waals surface area contributed by atoms with E-state index in [-0.39, 0.29) is 23.6 Å². The van der Waals surface area contributed by atoms with E-state index in [1.54, 1.807) is 17.0 Å². The van der Waals surface area contributed by atoms with Crippen LogP contribution in [0.5, 0.6) is 0 Å². The summed E-state index contributed by atoms with van der Waals surface area (Å²) >= 11 is 0. The van der Waals surface area contributed by atoms with E-state index in [0.717, 1.165) is 45.4 Å². The molecule has 1 amide bonds. The van der Waals surface area contributed by atoms with Gasteiger partial charge in [-0.1, -0.05) is 0 Å². The smallest absolute Gasteiger partial charge is 0.325 e. The number of hydrogen-bond donors (Lipinski definition) is 2. The van der Waals surface area contributed by atoms with E-state index in [1.165, 1.54) is 0 Å². The Morgan fingerprint density at radius 1 is 1.17 bits per heavy atom. The monoisotopic (exact) mass is 322 g/mol. The minimum Gasteiger partial charge on any atom is -0.395 e. The van der Waals surface area contributed by atoms with E-state index in [4.69, 9.17) is 5.11 Å². The number of aromatic amines is 1. The average molecular weight is 322 g/mol. The molecule has 2 saturated heterocycles. The van der Waals surface area contributed by atoms with Crippen molar-refractivity contribution in [2.45, 2.75) is 32.2 Å². The Morgan fingerprint density at radius 2 is 2.04 bits per heavy atom. The van der Waals surface area contributed by atoms with Gasteiger partial charge in [0.25, 0.3) is 0 Å². The van der Waals surface area contributed by atoms with Crippen molar-refractivity contribution in [2.24, 2.45) is 5.41 Å². The third-order valence-electron chi connectivity index (χ3n) is 5.24. The number of β-amino-alcohol motifs (C(OH)–C–C–N with tert-alkyl or cyclic N) is 1. The van der Waals surface area contributed by atoms with Gasteiger partial charge in [0.2, 0.25) is 5.91 Å². The summed E-state index contributed by atoms with van der Waals surface area (Å²) in [5.41, 5.74) is 0.0962. The van der Waals surface area contributed by atoms with Gasteiger partial charge in [0.1, 0.15) is 0 Å². The van der Waals surface area contributed by atoms with Crippen LogP contribution in [0, 0.1) is 5.41 Å². The molecule has 128 valence electrons. The van der Waals surface area contributed by atoms with Gasteiger partial charge >= 0.3 is 5.69 Å². The number of rotatable bonds is 5. The molecule has 1 aromatic heterocycles. The van der Waals surface area contributed by atoms with Crippen molar-refractivity contribution < 1.29 is 9.90 Å². The molecule has 2 fully saturated rings. The molecule has 3 rings (SSSR count). The minimum absolute atomic E-state index is 0.0297. The Hall–Kier alpha value is -1.60. The van der Waals surface area contributed by atoms with Gasteiger partial charge < -0.3 is 19.9 Å². The molecule has 1 spiro atoms. The predicted octanol–water partition coefficient (Wildman–Crippen LogP) is -0.127. The lowest BCUT2D eigenvalue weighted by molar-refractivity contribution is -0.140. The van der Waals surface area contributed by atoms with Crippen LogP contribution in [0.25, 0.3) is 0 Å². The molecule has 1 atom stereocenters. The van der Waals surface area contributed by atoms with Crippen LogP contribution in [-0.2, 0) is 11.3 Å². The van der Waals surface area contributed by atoms with Gasteiger partial charge in [-0.05, 0) is 25.8 Å². The number of nitrogens with zero attached hydrogens (tertiary/aromatic N) is 3. The molecule has 1 aromatic rings. The number of piperidine rings is 2. The van der Waals surface area contributed by atoms with Gasteiger partial charge in [0.15, 0.2) is 0 Å². The summed E-state index contributed by atoms with van der Waals surface area (Å²) in [6, 6.07) is 0. The molecule has 2 N–H and O–H groups in total. The van der Waals surface area contributed by atoms with Crippen molar-refractivity contribution in [3.8, 4) is 0 Å². The molecule has 7 heteroatoms. The van der Waals surface area contributed by atoms with Crippen LogP contribution in [0.2, 0.25) is 0 Å². The maximum Gasteiger partial charge on any atom is 0.325 e. The number of hydrogen-bond acceptors (Lipinski definition) is 4. The van der Waals surface area contributed by atoms with Crippen molar-refractivity contribution >= 4 is 5.91 Å². The number of amides is 1. The number of aromatic nitrogens is 2. The number of imidazole rings is 1. The van der Waals surface area contributed by atoms with Crippen LogP contribution in [0.4, 0.5) is 0 Å². The van der Waals surface area contributed by atoms with Crippen molar-refractivity contribution in [3.63, 3.8) is 0 Å². The molecule has 2 aliphatic rings. The first-order valence-corrected chi connectivity index (χ1v) is 8.47. The Balaban J connectivity index is 1.60. The molecule has 0 bridgehead atoms. The predicted molar refractivity (Wildman–Crippen MR) is 86.1 cm³/mol. The molecule has 7 nitrogen and oxygen atoms in total. The Kier molecular flexibility index (Phi) is 4.87. The number of nitrogens with one attached hydrogen (secondary N) is 1. The summed E-state index contributed by atoms with van der Waals surface area (Å²) in [7, 11) is 0. The fraction of sp³-hybridized carbons (Fsp3) is 0.750. The van der Waals surface area contributed by atoms with Crippen LogP contribution in [0.15, 0.2) is 17.2 Å². The van der Waals surface area contributed by atoms with Crippen molar-refractivity contribution in [3.05, 3.63) is 22.9 Å². The quantitative estimate of drug-likeness (QED) is 0.791. The second kappa shape index (κ2) is 6.88. The molecular weight excluding hydrogens is 296 g/mol. The first-order valence-electron chi connectivity index (χ1n) is 8.47. The zero-order valence-corrected chi connectivity index (χ0v) is 13.5. The molecule has 3 heterocycles. The van der Waals surface area contributed by atoms with Gasteiger partial charge in [-0.25, -0.2) is 4.79 Å². The van der Waals surface area contributed by atoms with Crippen molar-refractivity contribution in [1.82, 2.24) is 19.4 Å². The largest absolute Gasteiger partial charge is 0.395 e. The Labute approximate surface area is 135 Å². The fourth-order valence-electron chi connectivity index (χ4n) is 4.04. The van der Waals surface area contributed by atoms with E-state index in [1.807, 2.05) is 4.90 Å². The number of H-pyrrole nitrogens is 1. The second-order valence-electron chi connectivity index (χ2n) is 6.88. The zero-order valence-electron chi connectivity index (χ0n) is 13.5. The number of aliphatic hydroxyl groups excluding tert-OH is 1. The van der Waals surface area contributed by atoms with Gasteiger partial charge in [-0.2, -0.15) is 0 Å². The van der Waals surface area contributed by atoms with Gasteiger partial charge in [0.05, 0.1) is 6.61 Å². The van der Waals surface area contributed by atoms with E-state index < -0.39 is 0 Å². The highest BCUT2D eigenvalue weighted by atomic mass is 16.3. The summed E-state index contributed by atoms with van der Waals surface area (Å²) in [5, 5.41) is 9.15. The maximum absolute atomic E-state index is 12.0. The Morgan fingerprint density at radius 3 is 2.78 bits per heavy atom. The molecular formula is C16H26N4O3. The summed E-state index contributed by atoms with van der Waals surface area (Å²) in [6.07, 6.45) is 7.25. The number of aliphatic hydroxyl groups is 1. The minimum atomic E-state index is -0.0610. The molecule has 0 radical (unpaired) electrons. The van der Waals surface area contributed by atoms with Gasteiger partial charge in [-0.15, -0.1) is 0 Å². The van der Waals surface area contributed by atoms with Gasteiger partial charge in [0, 0.05) is 57.0 Å². The van der Waals surface area contributed by atoms with Gasteiger partial charge in [-0.3, -0.25) is 9.36 Å². The summed E-state index contributed by atoms with van der Waals surface area (Å²) in [6.45, 7) is 4.80. The number of carbonyl (C=O) groups is 1. The van der Waals surface area contributed by atoms with E-state index in [9.17, 15) is 9.59 Å². The highest BCUT2D eigenvalue weighted by Crippen LogP contribution is 2.38. The zero-order chi connectivity index (χ0) is 16.3. The fourth-order valence-corrected chi connectivity index (χ4v) is 4.04. The maximum atomic E-state index is 12.0. The third-order valence-corrected chi connectivity index (χ3v) is 5.24. The molecule has 0 unspecified atom stereocenters. The van der Waals surface area contributed by atoms with Crippen LogP contribution in [-0.4, -0.2) is 69.7 Å². The average Bonchev–Trinajstić information content (AvgIpc) is 2.95. The van der Waals surface area contributed by atoms with Crippen molar-refractivity contribution in [1.29, 1.82) is 0 Å². The second-order valence-corrected chi connectivity index (χ2v) is 6.88. The third kappa shape index (κ3) is 3.67. The number of carbonyl (C=O) groups excluding carboxylic acids is 1. The van der Waals surface area contributed by atoms with E-state index in [2.05, 4.69) is 9.88 Å². The lowest BCUT2D eigenvalue weighted by Crippen LogP contribution is -2.54. The van der Waals surface area contributed by atoms with Crippen LogP contribution < -0.4 is 5.69 Å². The first-order chi connectivity index (χ1) is 11.1. The molecule has 2 aliphatic heterocycles. The lowest BCUT2D eigenvalue weighted by Gasteiger charge is -2.48. The van der Waals surface area contributed by atoms with Crippen LogP contribution >= 0.6 is 0 Å². The number of likely N-dealkylation sites (tertiary alicyclic amines) is 2. The van der Waals surface area contributed by atoms with Crippen LogP contribution in [0.3, 0.4) is 0 Å². The van der Waals surface area contributed by atoms with E-state index in [0.29, 0.717) is 19.5 Å². The first kappa shape index (κ1) is 16.3. The standard InChI is InChI=1S/C16H26N4O3/c21-11-10-20-13-16(4-2-14(20)22)3-1-6-18(12-16)8-9-19-7-5-17-15(19)23/h5,7,21H,1-4,6,8-13H2,(H,17,23)/t16-/m0/s1. The molecule has 23 heavy (non-hydrogen) atoms. The summed E-state index contributed by atoms with van der Waals surface area (Å²) < 4.78 is 1.70. The lowest BCUT2D eigenvalue weighted by atomic mass is 9.73. The molecule has 0 saturated carbocycles. The highest BCUT2D eigenvalue weighted by Gasteiger charge is 2.41. The topological polar surface area (TPSA) is 81.6 Å². The van der Waals surface area contributed by atoms with Crippen molar-refractivity contribution in [2.75, 3.05) is 39.3 Å². The van der Waals surface area contributed by atoms with E-state index >= 15 is 0 Å². The normalized spacial score (nSPS) is 26.1.